The van der Waals surface area contributed by atoms with Crippen LogP contribution >= 0.6 is 0 Å². The first kappa shape index (κ1) is 14.8. The lowest BCUT2D eigenvalue weighted by Gasteiger charge is -2.07. The molecule has 0 bridgehead atoms. The van der Waals surface area contributed by atoms with Gasteiger partial charge in [-0.05, 0) is 31.2 Å². The van der Waals surface area contributed by atoms with Crippen LogP contribution in [0.5, 0.6) is 0 Å². The molecule has 1 aromatic heterocycles. The van der Waals surface area contributed by atoms with Crippen LogP contribution in [0.1, 0.15) is 21.7 Å². The molecule has 0 aliphatic rings. The van der Waals surface area contributed by atoms with Gasteiger partial charge in [0, 0.05) is 5.56 Å². The van der Waals surface area contributed by atoms with Crippen molar-refractivity contribution >= 4 is 22.8 Å². The number of benzene rings is 2. The van der Waals surface area contributed by atoms with Gasteiger partial charge >= 0.3 is 0 Å². The van der Waals surface area contributed by atoms with Crippen LogP contribution in [-0.2, 0) is 11.2 Å². The maximum absolute atomic E-state index is 11.9. The molecule has 0 radical (unpaired) electrons. The molecule has 0 aliphatic heterocycles. The Morgan fingerprint density at radius 3 is 2.70 bits per heavy atom. The molecule has 6 nitrogen and oxygen atoms in total. The number of nitrogens with one attached hydrogen (secondary N) is 3. The highest BCUT2D eigenvalue weighted by molar-refractivity contribution is 5.95. The molecule has 1 heterocycles. The lowest BCUT2D eigenvalue weighted by Crippen LogP contribution is -2.42. The SMILES string of the molecule is Cc1cccc(C(=O)NNC(=O)Cc2nc3ccccc3[nH]2)c1. The van der Waals surface area contributed by atoms with Crippen molar-refractivity contribution in [3.05, 3.63) is 65.5 Å². The van der Waals surface area contributed by atoms with Gasteiger partial charge in [-0.3, -0.25) is 20.4 Å². The number of rotatable bonds is 3. The smallest absolute Gasteiger partial charge is 0.269 e. The monoisotopic (exact) mass is 308 g/mol. The van der Waals surface area contributed by atoms with E-state index in [0.717, 1.165) is 16.6 Å². The average Bonchev–Trinajstić information content (AvgIpc) is 2.94. The molecule has 3 N–H and O–H groups in total. The van der Waals surface area contributed by atoms with E-state index in [2.05, 4.69) is 20.8 Å². The predicted octanol–water partition coefficient (Wildman–Crippen LogP) is 1.88. The Bertz CT molecular complexity index is 837. The van der Waals surface area contributed by atoms with Gasteiger partial charge in [0.1, 0.15) is 5.82 Å². The Morgan fingerprint density at radius 2 is 1.91 bits per heavy atom. The van der Waals surface area contributed by atoms with Crippen molar-refractivity contribution in [2.24, 2.45) is 0 Å². The zero-order chi connectivity index (χ0) is 16.2. The predicted molar refractivity (Wildman–Crippen MR) is 86.6 cm³/mol. The number of para-hydroxylation sites is 2. The van der Waals surface area contributed by atoms with Crippen LogP contribution in [0.4, 0.5) is 0 Å². The summed E-state index contributed by atoms with van der Waals surface area (Å²) in [5.74, 6) is -0.148. The Hall–Kier alpha value is -3.15. The Labute approximate surface area is 132 Å². The summed E-state index contributed by atoms with van der Waals surface area (Å²) in [6.07, 6.45) is 0.0583. The molecule has 6 heteroatoms. The number of carbonyl (C=O) groups excluding carboxylic acids is 2. The largest absolute Gasteiger partial charge is 0.342 e. The summed E-state index contributed by atoms with van der Waals surface area (Å²) < 4.78 is 0. The number of aromatic amines is 1. The first-order chi connectivity index (χ1) is 11.1. The minimum Gasteiger partial charge on any atom is -0.342 e. The van der Waals surface area contributed by atoms with Crippen LogP contribution in [0.2, 0.25) is 0 Å². The van der Waals surface area contributed by atoms with E-state index in [1.807, 2.05) is 37.3 Å². The molecule has 3 aromatic rings. The fraction of sp³-hybridized carbons (Fsp3) is 0.118. The molecule has 0 unspecified atom stereocenters. The van der Waals surface area contributed by atoms with E-state index in [0.29, 0.717) is 11.4 Å². The molecule has 0 spiro atoms. The third-order valence-electron chi connectivity index (χ3n) is 3.36. The highest BCUT2D eigenvalue weighted by Gasteiger charge is 2.10. The summed E-state index contributed by atoms with van der Waals surface area (Å²) in [7, 11) is 0. The minimum absolute atomic E-state index is 0.0583. The number of carbonyl (C=O) groups is 2. The third kappa shape index (κ3) is 3.55. The summed E-state index contributed by atoms with van der Waals surface area (Å²) in [6.45, 7) is 1.90. The molecule has 3 rings (SSSR count). The number of fused-ring (bicyclic) bond motifs is 1. The van der Waals surface area contributed by atoms with Crippen molar-refractivity contribution in [1.29, 1.82) is 0 Å². The van der Waals surface area contributed by atoms with Crippen LogP contribution in [0, 0.1) is 6.92 Å². The molecule has 23 heavy (non-hydrogen) atoms. The number of hydrogen-bond donors (Lipinski definition) is 3. The highest BCUT2D eigenvalue weighted by atomic mass is 16.2. The standard InChI is InChI=1S/C17H16N4O2/c1-11-5-4-6-12(9-11)17(23)21-20-16(22)10-15-18-13-7-2-3-8-14(13)19-15/h2-9H,10H2,1H3,(H,18,19)(H,20,22)(H,21,23). The van der Waals surface area contributed by atoms with Crippen molar-refractivity contribution in [2.75, 3.05) is 0 Å². The summed E-state index contributed by atoms with van der Waals surface area (Å²) in [5.41, 5.74) is 7.95. The lowest BCUT2D eigenvalue weighted by molar-refractivity contribution is -0.121. The van der Waals surface area contributed by atoms with Crippen LogP contribution in [0.3, 0.4) is 0 Å². The molecule has 0 saturated carbocycles. The van der Waals surface area contributed by atoms with Gasteiger partial charge in [-0.2, -0.15) is 0 Å². The second-order valence-corrected chi connectivity index (χ2v) is 5.25. The van der Waals surface area contributed by atoms with Gasteiger partial charge < -0.3 is 4.98 Å². The minimum atomic E-state index is -0.355. The number of aromatic nitrogens is 2. The molecular weight excluding hydrogens is 292 g/mol. The van der Waals surface area contributed by atoms with E-state index in [9.17, 15) is 9.59 Å². The van der Waals surface area contributed by atoms with Crippen molar-refractivity contribution < 1.29 is 9.59 Å². The molecule has 0 aliphatic carbocycles. The first-order valence-electron chi connectivity index (χ1n) is 7.21. The molecule has 0 fully saturated rings. The Balaban J connectivity index is 1.58. The van der Waals surface area contributed by atoms with E-state index >= 15 is 0 Å². The number of hydrazine groups is 1. The summed E-state index contributed by atoms with van der Waals surface area (Å²) in [6, 6.07) is 14.7. The molecular formula is C17H16N4O2. The topological polar surface area (TPSA) is 86.9 Å². The molecule has 116 valence electrons. The van der Waals surface area contributed by atoms with E-state index in [1.165, 1.54) is 0 Å². The summed E-state index contributed by atoms with van der Waals surface area (Å²) >= 11 is 0. The van der Waals surface area contributed by atoms with Crippen LogP contribution in [-0.4, -0.2) is 21.8 Å². The normalized spacial score (nSPS) is 10.5. The molecule has 2 amide bonds. The van der Waals surface area contributed by atoms with E-state index < -0.39 is 0 Å². The van der Waals surface area contributed by atoms with Gasteiger partial charge in [-0.15, -0.1) is 0 Å². The van der Waals surface area contributed by atoms with Gasteiger partial charge in [0.25, 0.3) is 5.91 Å². The number of aryl methyl sites for hydroxylation is 1. The van der Waals surface area contributed by atoms with Gasteiger partial charge in [0.2, 0.25) is 5.91 Å². The fourth-order valence-electron chi connectivity index (χ4n) is 2.27. The maximum Gasteiger partial charge on any atom is 0.269 e. The zero-order valence-corrected chi connectivity index (χ0v) is 12.6. The van der Waals surface area contributed by atoms with Crippen LogP contribution < -0.4 is 10.9 Å². The molecule has 2 aromatic carbocycles. The van der Waals surface area contributed by atoms with Gasteiger partial charge in [-0.25, -0.2) is 4.98 Å². The Morgan fingerprint density at radius 1 is 1.09 bits per heavy atom. The fourth-order valence-corrected chi connectivity index (χ4v) is 2.27. The Kier molecular flexibility index (Phi) is 4.05. The number of H-pyrrole nitrogens is 1. The summed E-state index contributed by atoms with van der Waals surface area (Å²) in [4.78, 5) is 31.2. The second-order valence-electron chi connectivity index (χ2n) is 5.25. The van der Waals surface area contributed by atoms with Crippen molar-refractivity contribution in [1.82, 2.24) is 20.8 Å². The zero-order valence-electron chi connectivity index (χ0n) is 12.6. The number of imidazole rings is 1. The van der Waals surface area contributed by atoms with Crippen molar-refractivity contribution in [3.8, 4) is 0 Å². The van der Waals surface area contributed by atoms with Crippen molar-refractivity contribution in [2.45, 2.75) is 13.3 Å². The summed E-state index contributed by atoms with van der Waals surface area (Å²) in [5, 5.41) is 0. The quantitative estimate of drug-likeness (QED) is 0.646. The van der Waals surface area contributed by atoms with E-state index in [4.69, 9.17) is 0 Å². The highest BCUT2D eigenvalue weighted by Crippen LogP contribution is 2.10. The van der Waals surface area contributed by atoms with Crippen LogP contribution in [0.25, 0.3) is 11.0 Å². The third-order valence-corrected chi connectivity index (χ3v) is 3.36. The van der Waals surface area contributed by atoms with Crippen LogP contribution in [0.15, 0.2) is 48.5 Å². The van der Waals surface area contributed by atoms with Gasteiger partial charge in [0.05, 0.1) is 17.5 Å². The first-order valence-corrected chi connectivity index (χ1v) is 7.21. The molecule has 0 atom stereocenters. The number of nitrogens with zero attached hydrogens (tertiary/aromatic N) is 1. The van der Waals surface area contributed by atoms with Gasteiger partial charge in [-0.1, -0.05) is 29.8 Å². The van der Waals surface area contributed by atoms with Crippen molar-refractivity contribution in [3.63, 3.8) is 0 Å². The van der Waals surface area contributed by atoms with Gasteiger partial charge in [0.15, 0.2) is 0 Å². The average molecular weight is 308 g/mol. The lowest BCUT2D eigenvalue weighted by atomic mass is 10.1. The maximum atomic E-state index is 11.9. The van der Waals surface area contributed by atoms with E-state index in [1.54, 1.807) is 18.2 Å². The second kappa shape index (κ2) is 6.31. The molecule has 0 saturated heterocycles. The number of hydrogen-bond acceptors (Lipinski definition) is 3. The number of amides is 2. The van der Waals surface area contributed by atoms with E-state index in [-0.39, 0.29) is 18.2 Å².